The summed E-state index contributed by atoms with van der Waals surface area (Å²) in [7, 11) is 1.43. The zero-order valence-corrected chi connectivity index (χ0v) is 11.6. The van der Waals surface area contributed by atoms with Gasteiger partial charge in [-0.05, 0) is 18.2 Å². The molecule has 114 valence electrons. The number of nitrogens with zero attached hydrogens (tertiary/aromatic N) is 2. The van der Waals surface area contributed by atoms with Gasteiger partial charge in [0.25, 0.3) is 5.91 Å². The quantitative estimate of drug-likeness (QED) is 0.644. The molecule has 0 fully saturated rings. The van der Waals surface area contributed by atoms with Crippen LogP contribution in [0, 0.1) is 21.7 Å². The molecule has 7 heteroatoms. The Bertz CT molecular complexity index is 734. The average molecular weight is 306 g/mol. The summed E-state index contributed by atoms with van der Waals surface area (Å²) in [4.78, 5) is 23.2. The second-order valence-electron chi connectivity index (χ2n) is 4.68. The van der Waals surface area contributed by atoms with Gasteiger partial charge in [-0.25, -0.2) is 4.39 Å². The van der Waals surface area contributed by atoms with Crippen LogP contribution in [0.25, 0.3) is 0 Å². The highest BCUT2D eigenvalue weighted by molar-refractivity contribution is 5.94. The number of carbonyl (C=O) groups is 1. The molecule has 0 heterocycles. The van der Waals surface area contributed by atoms with Crippen LogP contribution in [0.3, 0.4) is 0 Å². The van der Waals surface area contributed by atoms with E-state index in [0.29, 0.717) is 5.56 Å². The largest absolute Gasteiger partial charge is 0.337 e. The Morgan fingerprint density at radius 3 is 2.50 bits per heavy atom. The highest BCUT2D eigenvalue weighted by atomic mass is 19.1. The molecule has 0 aliphatic carbocycles. The van der Waals surface area contributed by atoms with E-state index in [0.717, 1.165) is 18.2 Å². The molecule has 2 aromatic rings. The van der Waals surface area contributed by atoms with Crippen molar-refractivity contribution in [3.05, 3.63) is 75.3 Å². The molecule has 1 amide bonds. The van der Waals surface area contributed by atoms with Crippen LogP contribution in [0.1, 0.15) is 15.9 Å². The van der Waals surface area contributed by atoms with Crippen molar-refractivity contribution in [3.8, 4) is 0 Å². The van der Waals surface area contributed by atoms with Crippen LogP contribution in [0.5, 0.6) is 0 Å². The van der Waals surface area contributed by atoms with Crippen molar-refractivity contribution >= 4 is 11.6 Å². The fourth-order valence-corrected chi connectivity index (χ4v) is 1.96. The van der Waals surface area contributed by atoms with E-state index in [-0.39, 0.29) is 12.1 Å². The molecule has 2 rings (SSSR count). The summed E-state index contributed by atoms with van der Waals surface area (Å²) >= 11 is 0. The van der Waals surface area contributed by atoms with Crippen LogP contribution < -0.4 is 0 Å². The number of nitro benzene ring substituents is 1. The third-order valence-corrected chi connectivity index (χ3v) is 3.10. The molecule has 22 heavy (non-hydrogen) atoms. The second kappa shape index (κ2) is 6.30. The minimum Gasteiger partial charge on any atom is -0.337 e. The SMILES string of the molecule is CN(Cc1ccccc1F)C(=O)c1ccc(F)c([N+](=O)[O-])c1. The fourth-order valence-electron chi connectivity index (χ4n) is 1.96. The third kappa shape index (κ3) is 3.25. The summed E-state index contributed by atoms with van der Waals surface area (Å²) in [6, 6.07) is 8.87. The van der Waals surface area contributed by atoms with Gasteiger partial charge in [0, 0.05) is 30.8 Å². The zero-order chi connectivity index (χ0) is 16.3. The molecule has 0 atom stereocenters. The lowest BCUT2D eigenvalue weighted by atomic mass is 10.1. The molecule has 0 N–H and O–H groups in total. The number of hydrogen-bond donors (Lipinski definition) is 0. The molecule has 0 radical (unpaired) electrons. The van der Waals surface area contributed by atoms with Gasteiger partial charge in [0.15, 0.2) is 0 Å². The van der Waals surface area contributed by atoms with Gasteiger partial charge in [0.05, 0.1) is 4.92 Å². The van der Waals surface area contributed by atoms with Crippen LogP contribution in [-0.2, 0) is 6.54 Å². The predicted octanol–water partition coefficient (Wildman–Crippen LogP) is 3.15. The maximum Gasteiger partial charge on any atom is 0.305 e. The summed E-state index contributed by atoms with van der Waals surface area (Å²) in [6.45, 7) is -0.00329. The van der Waals surface area contributed by atoms with Crippen LogP contribution in [0.4, 0.5) is 14.5 Å². The Labute approximate surface area is 124 Å². The minimum absolute atomic E-state index is 0.00329. The molecular weight excluding hydrogens is 294 g/mol. The van der Waals surface area contributed by atoms with Gasteiger partial charge in [0.2, 0.25) is 5.82 Å². The van der Waals surface area contributed by atoms with Crippen molar-refractivity contribution in [1.82, 2.24) is 4.90 Å². The van der Waals surface area contributed by atoms with Crippen molar-refractivity contribution in [2.75, 3.05) is 7.05 Å². The normalized spacial score (nSPS) is 10.3. The van der Waals surface area contributed by atoms with E-state index in [1.807, 2.05) is 0 Å². The van der Waals surface area contributed by atoms with Crippen LogP contribution in [-0.4, -0.2) is 22.8 Å². The first kappa shape index (κ1) is 15.6. The van der Waals surface area contributed by atoms with Crippen molar-refractivity contribution in [3.63, 3.8) is 0 Å². The summed E-state index contributed by atoms with van der Waals surface area (Å²) in [5, 5.41) is 10.7. The first-order valence-corrected chi connectivity index (χ1v) is 6.33. The van der Waals surface area contributed by atoms with Gasteiger partial charge in [0.1, 0.15) is 5.82 Å². The fraction of sp³-hybridized carbons (Fsp3) is 0.133. The molecule has 2 aromatic carbocycles. The van der Waals surface area contributed by atoms with Crippen LogP contribution >= 0.6 is 0 Å². The summed E-state index contributed by atoms with van der Waals surface area (Å²) in [6.07, 6.45) is 0. The Kier molecular flexibility index (Phi) is 4.45. The van der Waals surface area contributed by atoms with Crippen LogP contribution in [0.15, 0.2) is 42.5 Å². The van der Waals surface area contributed by atoms with E-state index in [9.17, 15) is 23.7 Å². The topological polar surface area (TPSA) is 63.5 Å². The maximum absolute atomic E-state index is 13.6. The van der Waals surface area contributed by atoms with Gasteiger partial charge < -0.3 is 4.90 Å². The lowest BCUT2D eigenvalue weighted by Crippen LogP contribution is -2.26. The lowest BCUT2D eigenvalue weighted by Gasteiger charge is -2.17. The number of carbonyl (C=O) groups excluding carboxylic acids is 1. The molecule has 0 spiro atoms. The van der Waals surface area contributed by atoms with Gasteiger partial charge >= 0.3 is 5.69 Å². The number of benzene rings is 2. The standard InChI is InChI=1S/C15H12F2N2O3/c1-18(9-11-4-2-3-5-12(11)16)15(20)10-6-7-13(17)14(8-10)19(21)22/h2-8H,9H2,1H3. The van der Waals surface area contributed by atoms with Crippen LogP contribution in [0.2, 0.25) is 0 Å². The number of rotatable bonds is 4. The Morgan fingerprint density at radius 1 is 1.18 bits per heavy atom. The van der Waals surface area contributed by atoms with E-state index in [1.165, 1.54) is 30.1 Å². The molecule has 0 saturated carbocycles. The van der Waals surface area contributed by atoms with Gasteiger partial charge in [-0.2, -0.15) is 4.39 Å². The van der Waals surface area contributed by atoms with Crippen molar-refractivity contribution in [2.45, 2.75) is 6.54 Å². The summed E-state index contributed by atoms with van der Waals surface area (Å²) < 4.78 is 26.8. The molecule has 0 aliphatic rings. The van der Waals surface area contributed by atoms with E-state index in [4.69, 9.17) is 0 Å². The molecule has 0 aromatic heterocycles. The van der Waals surface area contributed by atoms with E-state index < -0.39 is 28.2 Å². The van der Waals surface area contributed by atoms with Crippen molar-refractivity contribution in [2.24, 2.45) is 0 Å². The number of nitro groups is 1. The first-order valence-electron chi connectivity index (χ1n) is 6.33. The summed E-state index contributed by atoms with van der Waals surface area (Å²) in [5.74, 6) is -2.03. The van der Waals surface area contributed by atoms with Crippen molar-refractivity contribution in [1.29, 1.82) is 0 Å². The Balaban J connectivity index is 2.23. The molecule has 0 bridgehead atoms. The van der Waals surface area contributed by atoms with E-state index >= 15 is 0 Å². The highest BCUT2D eigenvalue weighted by Gasteiger charge is 2.20. The number of amides is 1. The summed E-state index contributed by atoms with van der Waals surface area (Å²) in [5.41, 5.74) is -0.493. The second-order valence-corrected chi connectivity index (χ2v) is 4.68. The molecule has 0 unspecified atom stereocenters. The first-order chi connectivity index (χ1) is 10.4. The minimum atomic E-state index is -1.02. The van der Waals surface area contributed by atoms with Gasteiger partial charge in [-0.15, -0.1) is 0 Å². The smallest absolute Gasteiger partial charge is 0.305 e. The monoisotopic (exact) mass is 306 g/mol. The third-order valence-electron chi connectivity index (χ3n) is 3.10. The van der Waals surface area contributed by atoms with E-state index in [1.54, 1.807) is 6.07 Å². The van der Waals surface area contributed by atoms with Gasteiger partial charge in [-0.3, -0.25) is 14.9 Å². The Morgan fingerprint density at radius 2 is 1.86 bits per heavy atom. The zero-order valence-electron chi connectivity index (χ0n) is 11.6. The lowest BCUT2D eigenvalue weighted by molar-refractivity contribution is -0.387. The number of halogens is 2. The van der Waals surface area contributed by atoms with Crippen molar-refractivity contribution < 1.29 is 18.5 Å². The molecule has 0 saturated heterocycles. The van der Waals surface area contributed by atoms with E-state index in [2.05, 4.69) is 0 Å². The maximum atomic E-state index is 13.6. The highest BCUT2D eigenvalue weighted by Crippen LogP contribution is 2.20. The number of hydrogen-bond acceptors (Lipinski definition) is 3. The molecule has 5 nitrogen and oxygen atoms in total. The molecular formula is C15H12F2N2O3. The Hall–Kier alpha value is -2.83. The predicted molar refractivity (Wildman–Crippen MR) is 75.3 cm³/mol. The molecule has 0 aliphatic heterocycles. The van der Waals surface area contributed by atoms with Gasteiger partial charge in [-0.1, -0.05) is 18.2 Å². The average Bonchev–Trinajstić information content (AvgIpc) is 2.49.